The molecule has 0 saturated carbocycles. The number of carbonyl (C=O) groups excluding carboxylic acids is 1. The number of pyridine rings is 1. The van der Waals surface area contributed by atoms with Gasteiger partial charge in [-0.2, -0.15) is 0 Å². The molecule has 0 fully saturated rings. The Morgan fingerprint density at radius 2 is 1.86 bits per heavy atom. The largest absolute Gasteiger partial charge is 0.456 e. The number of nitrogen functional groups attached to an aromatic ring is 1. The predicted molar refractivity (Wildman–Crippen MR) is 79.2 cm³/mol. The van der Waals surface area contributed by atoms with E-state index in [-0.39, 0.29) is 16.9 Å². The van der Waals surface area contributed by atoms with Crippen LogP contribution in [0.2, 0.25) is 0 Å². The van der Waals surface area contributed by atoms with Crippen LogP contribution in [0.4, 0.5) is 10.2 Å². The van der Waals surface area contributed by atoms with Crippen molar-refractivity contribution in [2.24, 2.45) is 0 Å². The van der Waals surface area contributed by atoms with E-state index in [1.54, 1.807) is 45.0 Å². The van der Waals surface area contributed by atoms with Crippen molar-refractivity contribution < 1.29 is 13.9 Å². The highest BCUT2D eigenvalue weighted by Gasteiger charge is 2.22. The van der Waals surface area contributed by atoms with Crippen molar-refractivity contribution in [1.29, 1.82) is 0 Å². The first kappa shape index (κ1) is 15.0. The third kappa shape index (κ3) is 3.37. The molecule has 1 aromatic heterocycles. The maximum absolute atomic E-state index is 14.6. The second kappa shape index (κ2) is 5.52. The van der Waals surface area contributed by atoms with Gasteiger partial charge < -0.3 is 10.5 Å². The molecular weight excluding hydrogens is 271 g/mol. The number of benzene rings is 1. The summed E-state index contributed by atoms with van der Waals surface area (Å²) in [6, 6.07) is 7.84. The van der Waals surface area contributed by atoms with E-state index in [0.29, 0.717) is 5.56 Å². The minimum absolute atomic E-state index is 0.120. The highest BCUT2D eigenvalue weighted by Crippen LogP contribution is 2.29. The van der Waals surface area contributed by atoms with Crippen LogP contribution in [0.5, 0.6) is 0 Å². The van der Waals surface area contributed by atoms with Gasteiger partial charge in [0.05, 0.1) is 5.56 Å². The van der Waals surface area contributed by atoms with E-state index in [0.717, 1.165) is 0 Å². The molecule has 0 aliphatic carbocycles. The van der Waals surface area contributed by atoms with E-state index < -0.39 is 17.4 Å². The Morgan fingerprint density at radius 1 is 1.19 bits per heavy atom. The van der Waals surface area contributed by atoms with E-state index in [1.807, 2.05) is 0 Å². The van der Waals surface area contributed by atoms with Gasteiger partial charge in [0.25, 0.3) is 0 Å². The third-order valence-corrected chi connectivity index (χ3v) is 2.75. The van der Waals surface area contributed by atoms with Crippen molar-refractivity contribution in [2.75, 3.05) is 5.73 Å². The molecule has 1 heterocycles. The van der Waals surface area contributed by atoms with Gasteiger partial charge in [-0.25, -0.2) is 14.2 Å². The van der Waals surface area contributed by atoms with Gasteiger partial charge in [-0.15, -0.1) is 0 Å². The average molecular weight is 288 g/mol. The van der Waals surface area contributed by atoms with Crippen LogP contribution < -0.4 is 5.73 Å². The van der Waals surface area contributed by atoms with E-state index in [2.05, 4.69) is 4.98 Å². The SMILES string of the molecule is CC(C)(C)OC(=O)c1cccc(-c2cccnc2N)c1F. The van der Waals surface area contributed by atoms with Crippen molar-refractivity contribution in [3.05, 3.63) is 47.9 Å². The molecule has 2 aromatic rings. The zero-order valence-electron chi connectivity index (χ0n) is 12.2. The van der Waals surface area contributed by atoms with Gasteiger partial charge in [-0.3, -0.25) is 0 Å². The fourth-order valence-electron chi connectivity index (χ4n) is 1.88. The van der Waals surface area contributed by atoms with Crippen molar-refractivity contribution in [3.8, 4) is 11.1 Å². The molecule has 0 amide bonds. The number of nitrogens with zero attached hydrogens (tertiary/aromatic N) is 1. The summed E-state index contributed by atoms with van der Waals surface area (Å²) in [5, 5.41) is 0. The van der Waals surface area contributed by atoms with E-state index in [9.17, 15) is 9.18 Å². The van der Waals surface area contributed by atoms with Gasteiger partial charge in [0, 0.05) is 17.3 Å². The topological polar surface area (TPSA) is 65.2 Å². The van der Waals surface area contributed by atoms with Gasteiger partial charge in [0.1, 0.15) is 17.2 Å². The number of hydrogen-bond donors (Lipinski definition) is 1. The molecule has 110 valence electrons. The maximum atomic E-state index is 14.6. The lowest BCUT2D eigenvalue weighted by molar-refractivity contribution is 0.00648. The second-order valence-electron chi connectivity index (χ2n) is 5.61. The van der Waals surface area contributed by atoms with E-state index in [4.69, 9.17) is 10.5 Å². The first-order chi connectivity index (χ1) is 9.79. The van der Waals surface area contributed by atoms with Crippen LogP contribution in [0.3, 0.4) is 0 Å². The molecule has 0 unspecified atom stereocenters. The molecule has 5 heteroatoms. The summed E-state index contributed by atoms with van der Waals surface area (Å²) < 4.78 is 19.8. The van der Waals surface area contributed by atoms with Crippen LogP contribution >= 0.6 is 0 Å². The number of carbonyl (C=O) groups is 1. The summed E-state index contributed by atoms with van der Waals surface area (Å²) in [5.74, 6) is -1.16. The lowest BCUT2D eigenvalue weighted by Crippen LogP contribution is -2.24. The van der Waals surface area contributed by atoms with Crippen molar-refractivity contribution >= 4 is 11.8 Å². The molecule has 1 aromatic carbocycles. The monoisotopic (exact) mass is 288 g/mol. The van der Waals surface area contributed by atoms with Gasteiger partial charge >= 0.3 is 5.97 Å². The Labute approximate surface area is 122 Å². The molecule has 0 bridgehead atoms. The predicted octanol–water partition coefficient (Wildman–Crippen LogP) is 3.43. The summed E-state index contributed by atoms with van der Waals surface area (Å²) in [7, 11) is 0. The lowest BCUT2D eigenvalue weighted by Gasteiger charge is -2.20. The Balaban J connectivity index is 2.47. The molecule has 0 spiro atoms. The van der Waals surface area contributed by atoms with Gasteiger partial charge in [0.2, 0.25) is 0 Å². The smallest absolute Gasteiger partial charge is 0.341 e. The van der Waals surface area contributed by atoms with Gasteiger partial charge in [-0.05, 0) is 39.0 Å². The number of hydrogen-bond acceptors (Lipinski definition) is 4. The molecule has 4 nitrogen and oxygen atoms in total. The summed E-state index contributed by atoms with van der Waals surface area (Å²) in [6.45, 7) is 5.18. The van der Waals surface area contributed by atoms with Crippen LogP contribution in [0.25, 0.3) is 11.1 Å². The first-order valence-corrected chi connectivity index (χ1v) is 6.52. The molecule has 0 atom stereocenters. The average Bonchev–Trinajstić information content (AvgIpc) is 2.38. The number of esters is 1. The minimum Gasteiger partial charge on any atom is -0.456 e. The summed E-state index contributed by atoms with van der Waals surface area (Å²) in [6.07, 6.45) is 1.52. The van der Waals surface area contributed by atoms with Gasteiger partial charge in [0.15, 0.2) is 0 Å². The van der Waals surface area contributed by atoms with Crippen LogP contribution in [-0.4, -0.2) is 16.6 Å². The zero-order valence-corrected chi connectivity index (χ0v) is 12.2. The molecule has 0 saturated heterocycles. The van der Waals surface area contributed by atoms with Crippen LogP contribution in [0, 0.1) is 5.82 Å². The number of ether oxygens (including phenoxy) is 1. The van der Waals surface area contributed by atoms with Crippen molar-refractivity contribution in [1.82, 2.24) is 4.98 Å². The van der Waals surface area contributed by atoms with Crippen LogP contribution in [0.15, 0.2) is 36.5 Å². The summed E-state index contributed by atoms with van der Waals surface area (Å²) in [5.41, 5.74) is 5.62. The number of anilines is 1. The quantitative estimate of drug-likeness (QED) is 0.860. The Hall–Kier alpha value is -2.43. The fraction of sp³-hybridized carbons (Fsp3) is 0.250. The Bertz CT molecular complexity index is 678. The lowest BCUT2D eigenvalue weighted by atomic mass is 10.0. The number of aromatic nitrogens is 1. The molecule has 0 radical (unpaired) electrons. The summed E-state index contributed by atoms with van der Waals surface area (Å²) in [4.78, 5) is 16.0. The molecule has 0 aliphatic heterocycles. The minimum atomic E-state index is -0.704. The number of rotatable bonds is 2. The highest BCUT2D eigenvalue weighted by molar-refractivity contribution is 5.92. The second-order valence-corrected chi connectivity index (χ2v) is 5.61. The Kier molecular flexibility index (Phi) is 3.93. The molecule has 0 aliphatic rings. The zero-order chi connectivity index (χ0) is 15.6. The Morgan fingerprint density at radius 3 is 2.48 bits per heavy atom. The van der Waals surface area contributed by atoms with E-state index >= 15 is 0 Å². The highest BCUT2D eigenvalue weighted by atomic mass is 19.1. The molecule has 2 rings (SSSR count). The van der Waals surface area contributed by atoms with Crippen LogP contribution in [0.1, 0.15) is 31.1 Å². The van der Waals surface area contributed by atoms with Crippen LogP contribution in [-0.2, 0) is 4.74 Å². The third-order valence-electron chi connectivity index (χ3n) is 2.75. The molecule has 21 heavy (non-hydrogen) atoms. The van der Waals surface area contributed by atoms with Crippen molar-refractivity contribution in [3.63, 3.8) is 0 Å². The normalized spacial score (nSPS) is 11.2. The number of halogens is 1. The van der Waals surface area contributed by atoms with Gasteiger partial charge in [-0.1, -0.05) is 12.1 Å². The molecule has 2 N–H and O–H groups in total. The van der Waals surface area contributed by atoms with E-state index in [1.165, 1.54) is 12.3 Å². The summed E-state index contributed by atoms with van der Waals surface area (Å²) >= 11 is 0. The van der Waals surface area contributed by atoms with Crippen molar-refractivity contribution in [2.45, 2.75) is 26.4 Å². The fourth-order valence-corrected chi connectivity index (χ4v) is 1.88. The number of nitrogens with two attached hydrogens (primary N) is 1. The standard InChI is InChI=1S/C16H17FN2O2/c1-16(2,3)21-15(20)12-7-4-6-10(13(12)17)11-8-5-9-19-14(11)18/h4-9H,1-3H3,(H2,18,19). The molecular formula is C16H17FN2O2. The first-order valence-electron chi connectivity index (χ1n) is 6.52. The maximum Gasteiger partial charge on any atom is 0.341 e.